The molecule has 0 aliphatic rings. The third-order valence-electron chi connectivity index (χ3n) is 2.34. The first kappa shape index (κ1) is 14.0. The molecule has 9 heteroatoms. The summed E-state index contributed by atoms with van der Waals surface area (Å²) in [5.41, 5.74) is -0.269. The summed E-state index contributed by atoms with van der Waals surface area (Å²) in [6, 6.07) is 3.79. The maximum atomic E-state index is 13.2. The average Bonchev–Trinajstić information content (AvgIpc) is 2.73. The highest BCUT2D eigenvalue weighted by Gasteiger charge is 2.20. The van der Waals surface area contributed by atoms with Gasteiger partial charge in [0.25, 0.3) is 10.0 Å². The van der Waals surface area contributed by atoms with Crippen LogP contribution in [0.2, 0.25) is 0 Å². The molecule has 0 saturated carbocycles. The second kappa shape index (κ2) is 4.93. The lowest BCUT2D eigenvalue weighted by atomic mass is 10.2. The number of anilines is 1. The summed E-state index contributed by atoms with van der Waals surface area (Å²) in [7, 11) is -4.09. The maximum Gasteiger partial charge on any atom is 0.338 e. The fourth-order valence-electron chi connectivity index (χ4n) is 1.44. The second-order valence-corrected chi connectivity index (χ2v) is 5.57. The Bertz CT molecular complexity index is 769. The third kappa shape index (κ3) is 2.77. The molecule has 2 N–H and O–H groups in total. The summed E-state index contributed by atoms with van der Waals surface area (Å²) in [5, 5.41) is 12.3. The topological polar surface area (TPSA) is 110 Å². The van der Waals surface area contributed by atoms with Crippen molar-refractivity contribution in [3.05, 3.63) is 41.3 Å². The Kier molecular flexibility index (Phi) is 3.45. The van der Waals surface area contributed by atoms with Crippen LogP contribution in [0.25, 0.3) is 0 Å². The Balaban J connectivity index is 2.39. The Hall–Kier alpha value is -2.42. The SMILES string of the molecule is Cc1cc(NS(=O)(=O)c2ccc(F)c(C(=O)O)c2)on1. The van der Waals surface area contributed by atoms with Crippen molar-refractivity contribution in [3.8, 4) is 0 Å². The predicted octanol–water partition coefficient (Wildman–Crippen LogP) is 1.62. The highest BCUT2D eigenvalue weighted by molar-refractivity contribution is 7.92. The van der Waals surface area contributed by atoms with Crippen LogP contribution in [0.4, 0.5) is 10.3 Å². The van der Waals surface area contributed by atoms with Crippen molar-refractivity contribution in [2.75, 3.05) is 4.72 Å². The van der Waals surface area contributed by atoms with Crippen LogP contribution in [0.3, 0.4) is 0 Å². The summed E-state index contributed by atoms with van der Waals surface area (Å²) in [6.45, 7) is 1.60. The van der Waals surface area contributed by atoms with Gasteiger partial charge < -0.3 is 9.63 Å². The number of nitrogens with one attached hydrogen (secondary N) is 1. The van der Waals surface area contributed by atoms with Crippen molar-refractivity contribution >= 4 is 21.9 Å². The van der Waals surface area contributed by atoms with Gasteiger partial charge in [-0.2, -0.15) is 0 Å². The largest absolute Gasteiger partial charge is 0.478 e. The van der Waals surface area contributed by atoms with E-state index in [-0.39, 0.29) is 5.88 Å². The van der Waals surface area contributed by atoms with Crippen LogP contribution in [-0.4, -0.2) is 24.7 Å². The van der Waals surface area contributed by atoms with Gasteiger partial charge in [-0.1, -0.05) is 5.16 Å². The van der Waals surface area contributed by atoms with Gasteiger partial charge in [0.05, 0.1) is 16.2 Å². The number of rotatable bonds is 4. The van der Waals surface area contributed by atoms with Crippen molar-refractivity contribution in [1.29, 1.82) is 0 Å². The summed E-state index contributed by atoms with van der Waals surface area (Å²) in [4.78, 5) is 10.4. The number of sulfonamides is 1. The number of carbonyl (C=O) groups is 1. The number of nitrogens with zero attached hydrogens (tertiary/aromatic N) is 1. The van der Waals surface area contributed by atoms with Gasteiger partial charge in [-0.15, -0.1) is 0 Å². The Labute approximate surface area is 113 Å². The number of aromatic carboxylic acids is 1. The first-order chi connectivity index (χ1) is 9.29. The molecule has 0 spiro atoms. The molecule has 1 aromatic carbocycles. The first-order valence-corrected chi connectivity index (χ1v) is 6.77. The van der Waals surface area contributed by atoms with Crippen molar-refractivity contribution < 1.29 is 27.2 Å². The number of carboxylic acids is 1. The molecule has 106 valence electrons. The number of halogens is 1. The van der Waals surface area contributed by atoms with E-state index in [1.807, 2.05) is 0 Å². The van der Waals surface area contributed by atoms with E-state index in [0.717, 1.165) is 18.2 Å². The van der Waals surface area contributed by atoms with Gasteiger partial charge in [-0.3, -0.25) is 0 Å². The number of hydrogen-bond acceptors (Lipinski definition) is 5. The molecule has 0 aliphatic heterocycles. The fourth-order valence-corrected chi connectivity index (χ4v) is 2.44. The molecule has 7 nitrogen and oxygen atoms in total. The fraction of sp³-hybridized carbons (Fsp3) is 0.0909. The summed E-state index contributed by atoms with van der Waals surface area (Å²) >= 11 is 0. The van der Waals surface area contributed by atoms with E-state index in [1.165, 1.54) is 6.07 Å². The van der Waals surface area contributed by atoms with Crippen molar-refractivity contribution in [3.63, 3.8) is 0 Å². The Morgan fingerprint density at radius 1 is 1.40 bits per heavy atom. The molecule has 0 radical (unpaired) electrons. The molecular weight excluding hydrogens is 291 g/mol. The molecule has 0 unspecified atom stereocenters. The maximum absolute atomic E-state index is 13.2. The van der Waals surface area contributed by atoms with E-state index in [2.05, 4.69) is 9.88 Å². The van der Waals surface area contributed by atoms with Gasteiger partial charge in [0.2, 0.25) is 5.88 Å². The number of hydrogen-bond donors (Lipinski definition) is 2. The molecule has 0 amide bonds. The molecule has 2 rings (SSSR count). The number of aromatic nitrogens is 1. The first-order valence-electron chi connectivity index (χ1n) is 5.28. The molecule has 0 aliphatic carbocycles. The van der Waals surface area contributed by atoms with E-state index in [4.69, 9.17) is 9.63 Å². The highest BCUT2D eigenvalue weighted by atomic mass is 32.2. The minimum absolute atomic E-state index is 0.122. The molecule has 20 heavy (non-hydrogen) atoms. The molecular formula is C11H9FN2O5S. The standard InChI is InChI=1S/C11H9FN2O5S/c1-6-4-10(19-13-6)14-20(17,18)7-2-3-9(12)8(5-7)11(15)16/h2-5,14H,1H3,(H,15,16). The summed E-state index contributed by atoms with van der Waals surface area (Å²) < 4.78 is 43.9. The average molecular weight is 300 g/mol. The molecule has 0 saturated heterocycles. The lowest BCUT2D eigenvalue weighted by molar-refractivity contribution is 0.0691. The van der Waals surface area contributed by atoms with Gasteiger partial charge in [-0.05, 0) is 25.1 Å². The van der Waals surface area contributed by atoms with Crippen LogP contribution in [0.15, 0.2) is 33.7 Å². The summed E-state index contributed by atoms with van der Waals surface area (Å²) in [5.74, 6) is -2.70. The van der Waals surface area contributed by atoms with Crippen LogP contribution >= 0.6 is 0 Å². The zero-order valence-corrected chi connectivity index (χ0v) is 10.9. The van der Waals surface area contributed by atoms with Gasteiger partial charge >= 0.3 is 5.97 Å². The van der Waals surface area contributed by atoms with Crippen LogP contribution in [0, 0.1) is 12.7 Å². The minimum Gasteiger partial charge on any atom is -0.478 e. The minimum atomic E-state index is -4.09. The van der Waals surface area contributed by atoms with Gasteiger partial charge in [0.15, 0.2) is 0 Å². The zero-order valence-electron chi connectivity index (χ0n) is 10.1. The van der Waals surface area contributed by atoms with Gasteiger partial charge in [0.1, 0.15) is 5.82 Å². The number of benzene rings is 1. The van der Waals surface area contributed by atoms with Crippen LogP contribution < -0.4 is 4.72 Å². The van der Waals surface area contributed by atoms with Crippen molar-refractivity contribution in [2.45, 2.75) is 11.8 Å². The lowest BCUT2D eigenvalue weighted by Crippen LogP contribution is -2.14. The Morgan fingerprint density at radius 2 is 2.10 bits per heavy atom. The third-order valence-corrected chi connectivity index (χ3v) is 3.69. The van der Waals surface area contributed by atoms with Crippen LogP contribution in [0.1, 0.15) is 16.1 Å². The Morgan fingerprint density at radius 3 is 2.65 bits per heavy atom. The van der Waals surface area contributed by atoms with E-state index < -0.39 is 32.3 Å². The highest BCUT2D eigenvalue weighted by Crippen LogP contribution is 2.19. The molecule has 1 aromatic heterocycles. The van der Waals surface area contributed by atoms with Crippen molar-refractivity contribution in [1.82, 2.24) is 5.16 Å². The van der Waals surface area contributed by atoms with E-state index in [0.29, 0.717) is 5.69 Å². The number of aryl methyl sites for hydroxylation is 1. The quantitative estimate of drug-likeness (QED) is 0.888. The predicted molar refractivity (Wildman–Crippen MR) is 65.4 cm³/mol. The second-order valence-electron chi connectivity index (χ2n) is 3.88. The molecule has 0 fully saturated rings. The monoisotopic (exact) mass is 300 g/mol. The molecule has 0 atom stereocenters. The lowest BCUT2D eigenvalue weighted by Gasteiger charge is -2.06. The zero-order chi connectivity index (χ0) is 14.9. The normalized spacial score (nSPS) is 11.3. The summed E-state index contributed by atoms with van der Waals surface area (Å²) in [6.07, 6.45) is 0. The van der Waals surface area contributed by atoms with Crippen LogP contribution in [-0.2, 0) is 10.0 Å². The van der Waals surface area contributed by atoms with E-state index >= 15 is 0 Å². The molecule has 2 aromatic rings. The van der Waals surface area contributed by atoms with Gasteiger partial charge in [-0.25, -0.2) is 22.3 Å². The van der Waals surface area contributed by atoms with E-state index in [1.54, 1.807) is 6.92 Å². The van der Waals surface area contributed by atoms with Gasteiger partial charge in [0, 0.05) is 6.07 Å². The van der Waals surface area contributed by atoms with Crippen LogP contribution in [0.5, 0.6) is 0 Å². The van der Waals surface area contributed by atoms with Crippen molar-refractivity contribution in [2.24, 2.45) is 0 Å². The molecule has 1 heterocycles. The molecule has 0 bridgehead atoms. The van der Waals surface area contributed by atoms with E-state index in [9.17, 15) is 17.6 Å². The number of carboxylic acid groups (broad SMARTS) is 1. The smallest absolute Gasteiger partial charge is 0.338 e.